The third kappa shape index (κ3) is 4.48. The van der Waals surface area contributed by atoms with Crippen LogP contribution < -0.4 is 5.73 Å². The summed E-state index contributed by atoms with van der Waals surface area (Å²) in [6.07, 6.45) is 1.91. The number of nitrogens with two attached hydrogens (primary N) is 1. The lowest BCUT2D eigenvalue weighted by atomic mass is 9.85. The van der Waals surface area contributed by atoms with E-state index in [1.165, 1.54) is 4.90 Å². The molecule has 7 nitrogen and oxygen atoms in total. The van der Waals surface area contributed by atoms with Gasteiger partial charge < -0.3 is 20.8 Å². The number of aliphatic carboxylic acids is 2. The number of hydrogen-bond donors (Lipinski definition) is 3. The molecule has 0 spiro atoms. The molecule has 0 aromatic carbocycles. The molecule has 1 saturated heterocycles. The fourth-order valence-electron chi connectivity index (χ4n) is 2.46. The Morgan fingerprint density at radius 1 is 1.25 bits per heavy atom. The van der Waals surface area contributed by atoms with E-state index in [4.69, 9.17) is 15.9 Å². The average molecular weight is 286 g/mol. The molecule has 4 N–H and O–H groups in total. The van der Waals surface area contributed by atoms with Crippen LogP contribution in [-0.2, 0) is 14.4 Å². The number of likely N-dealkylation sites (tertiary alicyclic amines) is 1. The molecule has 0 bridgehead atoms. The van der Waals surface area contributed by atoms with Crippen molar-refractivity contribution in [3.05, 3.63) is 0 Å². The Hall–Kier alpha value is -1.63. The van der Waals surface area contributed by atoms with E-state index in [9.17, 15) is 14.4 Å². The second-order valence-corrected chi connectivity index (χ2v) is 5.39. The predicted molar refractivity (Wildman–Crippen MR) is 70.9 cm³/mol. The first-order valence-corrected chi connectivity index (χ1v) is 6.82. The normalized spacial score (nSPS) is 24.2. The second-order valence-electron chi connectivity index (χ2n) is 5.39. The zero-order chi connectivity index (χ0) is 15.3. The van der Waals surface area contributed by atoms with E-state index < -0.39 is 23.8 Å². The first-order valence-electron chi connectivity index (χ1n) is 6.82. The molecule has 0 radical (unpaired) electrons. The monoisotopic (exact) mass is 286 g/mol. The molecular formula is C13H22N2O5. The standard InChI is InChI=1S/C13H22N2O5/c1-8(14)3-2-4-11(16)15-6-5-9(12(17)18)10(7-15)13(19)20/h8-10H,2-7,14H2,1H3,(H,17,18)(H,19,20). The van der Waals surface area contributed by atoms with E-state index >= 15 is 0 Å². The van der Waals surface area contributed by atoms with Crippen LogP contribution in [0.25, 0.3) is 0 Å². The fraction of sp³-hybridized carbons (Fsp3) is 0.769. The largest absolute Gasteiger partial charge is 0.481 e. The van der Waals surface area contributed by atoms with Crippen LogP contribution in [0.3, 0.4) is 0 Å². The van der Waals surface area contributed by atoms with Crippen LogP contribution in [0.2, 0.25) is 0 Å². The number of carboxylic acids is 2. The molecule has 3 unspecified atom stereocenters. The lowest BCUT2D eigenvalue weighted by Crippen LogP contribution is -2.48. The average Bonchev–Trinajstić information content (AvgIpc) is 2.37. The van der Waals surface area contributed by atoms with Gasteiger partial charge in [0.05, 0.1) is 11.8 Å². The van der Waals surface area contributed by atoms with Gasteiger partial charge in [-0.1, -0.05) is 0 Å². The van der Waals surface area contributed by atoms with Crippen molar-refractivity contribution in [3.8, 4) is 0 Å². The lowest BCUT2D eigenvalue weighted by molar-refractivity contribution is -0.159. The van der Waals surface area contributed by atoms with Gasteiger partial charge in [0, 0.05) is 25.6 Å². The van der Waals surface area contributed by atoms with Gasteiger partial charge in [-0.3, -0.25) is 14.4 Å². The molecule has 114 valence electrons. The fourth-order valence-corrected chi connectivity index (χ4v) is 2.46. The van der Waals surface area contributed by atoms with Gasteiger partial charge in [-0.2, -0.15) is 0 Å². The lowest BCUT2D eigenvalue weighted by Gasteiger charge is -2.34. The first kappa shape index (κ1) is 16.4. The molecular weight excluding hydrogens is 264 g/mol. The minimum absolute atomic E-state index is 0.0245. The summed E-state index contributed by atoms with van der Waals surface area (Å²) in [5, 5.41) is 18.1. The van der Waals surface area contributed by atoms with Gasteiger partial charge >= 0.3 is 11.9 Å². The Morgan fingerprint density at radius 2 is 1.85 bits per heavy atom. The van der Waals surface area contributed by atoms with Gasteiger partial charge in [0.25, 0.3) is 0 Å². The Labute approximate surface area is 117 Å². The third-order valence-corrected chi connectivity index (χ3v) is 3.65. The topological polar surface area (TPSA) is 121 Å². The molecule has 7 heteroatoms. The highest BCUT2D eigenvalue weighted by molar-refractivity contribution is 5.82. The summed E-state index contributed by atoms with van der Waals surface area (Å²) in [6, 6.07) is 0.0346. The van der Waals surface area contributed by atoms with Crippen molar-refractivity contribution < 1.29 is 24.6 Å². The summed E-state index contributed by atoms with van der Waals surface area (Å²) in [6.45, 7) is 2.14. The molecule has 1 fully saturated rings. The SMILES string of the molecule is CC(N)CCCC(=O)N1CCC(C(=O)O)C(C(=O)O)C1. The van der Waals surface area contributed by atoms with Crippen molar-refractivity contribution in [2.45, 2.75) is 38.6 Å². The summed E-state index contributed by atoms with van der Waals surface area (Å²) < 4.78 is 0. The van der Waals surface area contributed by atoms with Crippen LogP contribution in [0.4, 0.5) is 0 Å². The highest BCUT2D eigenvalue weighted by Crippen LogP contribution is 2.25. The van der Waals surface area contributed by atoms with Crippen molar-refractivity contribution in [2.75, 3.05) is 13.1 Å². The minimum atomic E-state index is -1.16. The van der Waals surface area contributed by atoms with E-state index in [0.29, 0.717) is 19.4 Å². The molecule has 1 rings (SSSR count). The summed E-state index contributed by atoms with van der Waals surface area (Å²) in [5.41, 5.74) is 5.60. The number of hydrogen-bond acceptors (Lipinski definition) is 4. The van der Waals surface area contributed by atoms with Gasteiger partial charge in [0.1, 0.15) is 0 Å². The molecule has 1 aliphatic rings. The summed E-state index contributed by atoms with van der Waals surface area (Å²) >= 11 is 0. The number of rotatable bonds is 6. The molecule has 0 saturated carbocycles. The van der Waals surface area contributed by atoms with Crippen LogP contribution in [0.15, 0.2) is 0 Å². The van der Waals surface area contributed by atoms with Crippen LogP contribution in [0.1, 0.15) is 32.6 Å². The van der Waals surface area contributed by atoms with Gasteiger partial charge in [-0.15, -0.1) is 0 Å². The predicted octanol–water partition coefficient (Wildman–Crippen LogP) is 0.138. The number of carbonyl (C=O) groups excluding carboxylic acids is 1. The van der Waals surface area contributed by atoms with Crippen LogP contribution in [0, 0.1) is 11.8 Å². The molecule has 20 heavy (non-hydrogen) atoms. The summed E-state index contributed by atoms with van der Waals surface area (Å²) in [7, 11) is 0. The quantitative estimate of drug-likeness (QED) is 0.638. The molecule has 0 aromatic rings. The van der Waals surface area contributed by atoms with Crippen molar-refractivity contribution in [2.24, 2.45) is 17.6 Å². The molecule has 1 heterocycles. The maximum Gasteiger partial charge on any atom is 0.309 e. The van der Waals surface area contributed by atoms with Crippen molar-refractivity contribution >= 4 is 17.8 Å². The Bertz CT molecular complexity index is 383. The Kier molecular flexibility index (Phi) is 5.94. The summed E-state index contributed by atoms with van der Waals surface area (Å²) in [4.78, 5) is 35.6. The van der Waals surface area contributed by atoms with E-state index in [1.54, 1.807) is 0 Å². The highest BCUT2D eigenvalue weighted by Gasteiger charge is 2.39. The number of carbonyl (C=O) groups is 3. The summed E-state index contributed by atoms with van der Waals surface area (Å²) in [5.74, 6) is -4.34. The third-order valence-electron chi connectivity index (χ3n) is 3.65. The number of carboxylic acid groups (broad SMARTS) is 2. The van der Waals surface area contributed by atoms with E-state index in [2.05, 4.69) is 0 Å². The van der Waals surface area contributed by atoms with Crippen molar-refractivity contribution in [1.29, 1.82) is 0 Å². The van der Waals surface area contributed by atoms with Crippen LogP contribution >= 0.6 is 0 Å². The molecule has 1 aliphatic heterocycles. The van der Waals surface area contributed by atoms with Gasteiger partial charge in [-0.25, -0.2) is 0 Å². The molecule has 0 aliphatic carbocycles. The second kappa shape index (κ2) is 7.23. The van der Waals surface area contributed by atoms with Crippen LogP contribution in [-0.4, -0.2) is 52.1 Å². The number of amides is 1. The number of piperidine rings is 1. The smallest absolute Gasteiger partial charge is 0.309 e. The van der Waals surface area contributed by atoms with Crippen molar-refractivity contribution in [1.82, 2.24) is 4.90 Å². The van der Waals surface area contributed by atoms with Crippen molar-refractivity contribution in [3.63, 3.8) is 0 Å². The zero-order valence-electron chi connectivity index (χ0n) is 11.6. The number of nitrogens with zero attached hydrogens (tertiary/aromatic N) is 1. The first-order chi connectivity index (χ1) is 9.32. The maximum atomic E-state index is 12.0. The molecule has 1 amide bonds. The van der Waals surface area contributed by atoms with E-state index in [1.807, 2.05) is 6.92 Å². The van der Waals surface area contributed by atoms with Gasteiger partial charge in [-0.05, 0) is 26.2 Å². The molecule has 0 aromatic heterocycles. The Morgan fingerprint density at radius 3 is 2.35 bits per heavy atom. The van der Waals surface area contributed by atoms with Gasteiger partial charge in [0.15, 0.2) is 0 Å². The highest BCUT2D eigenvalue weighted by atomic mass is 16.4. The van der Waals surface area contributed by atoms with E-state index in [-0.39, 0.29) is 24.9 Å². The minimum Gasteiger partial charge on any atom is -0.481 e. The zero-order valence-corrected chi connectivity index (χ0v) is 11.6. The maximum absolute atomic E-state index is 12.0. The van der Waals surface area contributed by atoms with E-state index in [0.717, 1.165) is 6.42 Å². The molecule has 3 atom stereocenters. The Balaban J connectivity index is 2.55. The van der Waals surface area contributed by atoms with Gasteiger partial charge in [0.2, 0.25) is 5.91 Å². The van der Waals surface area contributed by atoms with Crippen LogP contribution in [0.5, 0.6) is 0 Å².